The molecule has 0 spiro atoms. The maximum atomic E-state index is 12.8. The maximum absolute atomic E-state index is 12.8. The first-order valence-electron chi connectivity index (χ1n) is 9.27. The molecular formula is C22H20N2O3S. The van der Waals surface area contributed by atoms with E-state index in [1.165, 1.54) is 22.5 Å². The van der Waals surface area contributed by atoms with Crippen molar-refractivity contribution < 1.29 is 13.9 Å². The number of aryl methyl sites for hydroxylation is 2. The fourth-order valence-electron chi connectivity index (χ4n) is 3.38. The van der Waals surface area contributed by atoms with E-state index in [0.29, 0.717) is 27.6 Å². The Bertz CT molecular complexity index is 1040. The Morgan fingerprint density at radius 2 is 2.04 bits per heavy atom. The molecule has 0 radical (unpaired) electrons. The third kappa shape index (κ3) is 3.67. The van der Waals surface area contributed by atoms with Gasteiger partial charge >= 0.3 is 0 Å². The largest absolute Gasteiger partial charge is 0.486 e. The highest BCUT2D eigenvalue weighted by atomic mass is 32.1. The highest BCUT2D eigenvalue weighted by Gasteiger charge is 2.23. The highest BCUT2D eigenvalue weighted by Crippen LogP contribution is 2.37. The smallest absolute Gasteiger partial charge is 0.259 e. The van der Waals surface area contributed by atoms with E-state index in [4.69, 9.17) is 9.15 Å². The number of carbonyl (C=O) groups excluding carboxylic acids is 1. The number of carbonyl (C=O) groups is 1. The van der Waals surface area contributed by atoms with Gasteiger partial charge in [0, 0.05) is 4.88 Å². The van der Waals surface area contributed by atoms with Crippen molar-refractivity contribution in [2.75, 3.05) is 5.32 Å². The summed E-state index contributed by atoms with van der Waals surface area (Å²) < 4.78 is 11.2. The third-order valence-corrected chi connectivity index (χ3v) is 6.10. The molecule has 1 aliphatic rings. The number of hydrogen-bond donors (Lipinski definition) is 1. The molecule has 1 amide bonds. The topological polar surface area (TPSA) is 75.3 Å². The van der Waals surface area contributed by atoms with Gasteiger partial charge in [0.05, 0.1) is 17.4 Å². The standard InChI is InChI=1S/C22H20N2O3S/c1-14-6-8-15(9-7-14)27-13-19-17(10-11-26-19)21(25)24-22-18(12-23)16-4-2-3-5-20(16)28-22/h6-11H,2-5,13H2,1H3,(H,24,25). The van der Waals surface area contributed by atoms with Crippen LogP contribution in [0.25, 0.3) is 0 Å². The van der Waals surface area contributed by atoms with Crippen molar-refractivity contribution in [3.05, 3.63) is 69.5 Å². The summed E-state index contributed by atoms with van der Waals surface area (Å²) in [4.78, 5) is 14.0. The summed E-state index contributed by atoms with van der Waals surface area (Å²) in [5.74, 6) is 0.885. The van der Waals surface area contributed by atoms with Crippen molar-refractivity contribution in [2.24, 2.45) is 0 Å². The van der Waals surface area contributed by atoms with E-state index in [0.717, 1.165) is 36.8 Å². The van der Waals surface area contributed by atoms with Crippen molar-refractivity contribution in [3.63, 3.8) is 0 Å². The molecule has 0 saturated carbocycles. The van der Waals surface area contributed by atoms with Gasteiger partial charge < -0.3 is 14.5 Å². The molecule has 1 aromatic carbocycles. The number of nitrogens with zero attached hydrogens (tertiary/aromatic N) is 1. The molecule has 28 heavy (non-hydrogen) atoms. The zero-order valence-corrected chi connectivity index (χ0v) is 16.4. The third-order valence-electron chi connectivity index (χ3n) is 4.89. The number of fused-ring (bicyclic) bond motifs is 1. The van der Waals surface area contributed by atoms with Gasteiger partial charge in [0.15, 0.2) is 5.76 Å². The van der Waals surface area contributed by atoms with Crippen LogP contribution in [0.2, 0.25) is 0 Å². The van der Waals surface area contributed by atoms with Crippen LogP contribution in [-0.2, 0) is 19.4 Å². The average Bonchev–Trinajstić information content (AvgIpc) is 3.31. The lowest BCUT2D eigenvalue weighted by molar-refractivity contribution is 0.102. The second kappa shape index (κ2) is 7.91. The van der Waals surface area contributed by atoms with Gasteiger partial charge in [-0.1, -0.05) is 17.7 Å². The molecule has 0 fully saturated rings. The maximum Gasteiger partial charge on any atom is 0.259 e. The van der Waals surface area contributed by atoms with Gasteiger partial charge in [-0.05, 0) is 56.4 Å². The van der Waals surface area contributed by atoms with E-state index in [-0.39, 0.29) is 12.5 Å². The Morgan fingerprint density at radius 1 is 1.25 bits per heavy atom. The minimum absolute atomic E-state index is 0.158. The van der Waals surface area contributed by atoms with Crippen LogP contribution in [0.15, 0.2) is 41.0 Å². The predicted octanol–water partition coefficient (Wildman–Crippen LogP) is 5.23. The summed E-state index contributed by atoms with van der Waals surface area (Å²) in [5.41, 5.74) is 3.28. The van der Waals surface area contributed by atoms with Crippen LogP contribution in [0.5, 0.6) is 5.75 Å². The second-order valence-corrected chi connectivity index (χ2v) is 7.95. The summed E-state index contributed by atoms with van der Waals surface area (Å²) in [6.45, 7) is 2.17. The van der Waals surface area contributed by atoms with Gasteiger partial charge in [-0.3, -0.25) is 4.79 Å². The van der Waals surface area contributed by atoms with Gasteiger partial charge in [0.25, 0.3) is 5.91 Å². The molecule has 2 heterocycles. The van der Waals surface area contributed by atoms with Crippen molar-refractivity contribution >= 4 is 22.2 Å². The summed E-state index contributed by atoms with van der Waals surface area (Å²) in [7, 11) is 0. The normalized spacial score (nSPS) is 12.9. The van der Waals surface area contributed by atoms with Gasteiger partial charge in [-0.15, -0.1) is 11.3 Å². The van der Waals surface area contributed by atoms with E-state index >= 15 is 0 Å². The SMILES string of the molecule is Cc1ccc(OCc2occc2C(=O)Nc2sc3c(c2C#N)CCCC3)cc1. The Labute approximate surface area is 167 Å². The van der Waals surface area contributed by atoms with E-state index in [1.54, 1.807) is 6.07 Å². The minimum atomic E-state index is -0.286. The van der Waals surface area contributed by atoms with Gasteiger partial charge in [-0.2, -0.15) is 5.26 Å². The molecule has 0 bridgehead atoms. The molecule has 0 unspecified atom stereocenters. The molecular weight excluding hydrogens is 372 g/mol. The molecule has 3 aromatic rings. The molecule has 0 aliphatic heterocycles. The van der Waals surface area contributed by atoms with E-state index in [1.807, 2.05) is 31.2 Å². The number of nitriles is 1. The number of anilines is 1. The number of hydrogen-bond acceptors (Lipinski definition) is 5. The van der Waals surface area contributed by atoms with Gasteiger partial charge in [0.1, 0.15) is 23.4 Å². The summed E-state index contributed by atoms with van der Waals surface area (Å²) >= 11 is 1.51. The fourth-order valence-corrected chi connectivity index (χ4v) is 4.62. The molecule has 1 aliphatic carbocycles. The van der Waals surface area contributed by atoms with Crippen LogP contribution in [0.4, 0.5) is 5.00 Å². The second-order valence-electron chi connectivity index (χ2n) is 6.84. The molecule has 5 nitrogen and oxygen atoms in total. The van der Waals surface area contributed by atoms with Crippen molar-refractivity contribution in [1.29, 1.82) is 5.26 Å². The first-order chi connectivity index (χ1) is 13.7. The van der Waals surface area contributed by atoms with Crippen molar-refractivity contribution in [1.82, 2.24) is 0 Å². The van der Waals surface area contributed by atoms with E-state index in [9.17, 15) is 10.1 Å². The predicted molar refractivity (Wildman–Crippen MR) is 108 cm³/mol. The van der Waals surface area contributed by atoms with Crippen molar-refractivity contribution in [2.45, 2.75) is 39.2 Å². The van der Waals surface area contributed by atoms with Crippen LogP contribution in [0.3, 0.4) is 0 Å². The zero-order chi connectivity index (χ0) is 19.5. The first kappa shape index (κ1) is 18.3. The van der Waals surface area contributed by atoms with Crippen LogP contribution in [-0.4, -0.2) is 5.91 Å². The van der Waals surface area contributed by atoms with Crippen LogP contribution in [0, 0.1) is 18.3 Å². The number of nitrogens with one attached hydrogen (secondary N) is 1. The van der Waals surface area contributed by atoms with Crippen LogP contribution >= 0.6 is 11.3 Å². The highest BCUT2D eigenvalue weighted by molar-refractivity contribution is 7.16. The number of amides is 1. The van der Waals surface area contributed by atoms with Gasteiger partial charge in [0.2, 0.25) is 0 Å². The number of furan rings is 1. The van der Waals surface area contributed by atoms with Crippen LogP contribution < -0.4 is 10.1 Å². The molecule has 0 atom stereocenters. The Balaban J connectivity index is 1.49. The molecule has 142 valence electrons. The number of ether oxygens (including phenoxy) is 1. The molecule has 1 N–H and O–H groups in total. The lowest BCUT2D eigenvalue weighted by atomic mass is 9.96. The van der Waals surface area contributed by atoms with Crippen LogP contribution in [0.1, 0.15) is 50.5 Å². The minimum Gasteiger partial charge on any atom is -0.486 e. The number of rotatable bonds is 5. The number of thiophene rings is 1. The molecule has 0 saturated heterocycles. The summed E-state index contributed by atoms with van der Waals surface area (Å²) in [5, 5.41) is 13.1. The molecule has 6 heteroatoms. The van der Waals surface area contributed by atoms with Gasteiger partial charge in [-0.25, -0.2) is 0 Å². The Hall–Kier alpha value is -3.04. The summed E-state index contributed by atoms with van der Waals surface area (Å²) in [6, 6.07) is 11.6. The first-order valence-corrected chi connectivity index (χ1v) is 10.1. The summed E-state index contributed by atoms with van der Waals surface area (Å²) in [6.07, 6.45) is 5.59. The fraction of sp³-hybridized carbons (Fsp3) is 0.273. The monoisotopic (exact) mass is 392 g/mol. The van der Waals surface area contributed by atoms with Crippen molar-refractivity contribution in [3.8, 4) is 11.8 Å². The van der Waals surface area contributed by atoms with E-state index in [2.05, 4.69) is 11.4 Å². The Morgan fingerprint density at radius 3 is 2.82 bits per heavy atom. The average molecular weight is 392 g/mol. The van der Waals surface area contributed by atoms with E-state index < -0.39 is 0 Å². The zero-order valence-electron chi connectivity index (χ0n) is 15.6. The molecule has 4 rings (SSSR count). The Kier molecular flexibility index (Phi) is 5.18. The number of benzene rings is 1. The quantitative estimate of drug-likeness (QED) is 0.645. The lowest BCUT2D eigenvalue weighted by Gasteiger charge is -2.09. The molecule has 2 aromatic heterocycles. The lowest BCUT2D eigenvalue weighted by Crippen LogP contribution is -2.13.